The van der Waals surface area contributed by atoms with E-state index in [1.54, 1.807) is 0 Å². The topological polar surface area (TPSA) is 101 Å². The lowest BCUT2D eigenvalue weighted by Crippen LogP contribution is -2.43. The molecule has 4 heterocycles. The first-order chi connectivity index (χ1) is 20.0. The van der Waals surface area contributed by atoms with Crippen molar-refractivity contribution in [1.82, 2.24) is 15.5 Å². The fraction of sp³-hybridized carbons (Fsp3) is 0.364. The van der Waals surface area contributed by atoms with Crippen LogP contribution in [0.1, 0.15) is 59.1 Å². The highest BCUT2D eigenvalue weighted by molar-refractivity contribution is 6.07. The van der Waals surface area contributed by atoms with Gasteiger partial charge in [0.1, 0.15) is 12.4 Å². The smallest absolute Gasteiger partial charge is 0.258 e. The van der Waals surface area contributed by atoms with Crippen LogP contribution in [0.5, 0.6) is 5.75 Å². The molecule has 3 aliphatic rings. The second-order valence-corrected chi connectivity index (χ2v) is 11.6. The van der Waals surface area contributed by atoms with Gasteiger partial charge in [0.2, 0.25) is 5.82 Å². The summed E-state index contributed by atoms with van der Waals surface area (Å²) in [6.07, 6.45) is 3.99. The first kappa shape index (κ1) is 28.4. The van der Waals surface area contributed by atoms with E-state index < -0.39 is 0 Å². The quantitative estimate of drug-likeness (QED) is 0.320. The summed E-state index contributed by atoms with van der Waals surface area (Å²) in [7, 11) is 0. The number of hydrogen-bond donors (Lipinski definition) is 2. The highest BCUT2D eigenvalue weighted by Gasteiger charge is 2.43. The molecule has 1 spiro atoms. The monoisotopic (exact) mass is 586 g/mol. The SMILES string of the molecule is Cc1cc(-c2noc(CO)n2)ccc1-c1ccc(C(=O)N2c3cc4c(cc3CCC2C)OCC42CCNCC2)cc1.Cl. The van der Waals surface area contributed by atoms with Crippen LogP contribution in [0.4, 0.5) is 5.69 Å². The van der Waals surface area contributed by atoms with Crippen molar-refractivity contribution in [2.45, 2.75) is 57.6 Å². The third-order valence-corrected chi connectivity index (χ3v) is 9.10. The minimum absolute atomic E-state index is 0. The van der Waals surface area contributed by atoms with Crippen LogP contribution in [0.2, 0.25) is 0 Å². The van der Waals surface area contributed by atoms with Crippen LogP contribution in [0, 0.1) is 6.92 Å². The fourth-order valence-electron chi connectivity index (χ4n) is 6.72. The Morgan fingerprint density at radius 1 is 1.10 bits per heavy atom. The van der Waals surface area contributed by atoms with Gasteiger partial charge in [-0.2, -0.15) is 4.98 Å². The number of nitrogens with one attached hydrogen (secondary N) is 1. The van der Waals surface area contributed by atoms with E-state index in [1.807, 2.05) is 54.3 Å². The number of piperidine rings is 1. The van der Waals surface area contributed by atoms with E-state index in [-0.39, 0.29) is 42.3 Å². The number of carbonyl (C=O) groups excluding carboxylic acids is 1. The Bertz CT molecular complexity index is 1630. The molecule has 0 saturated carbocycles. The molecule has 218 valence electrons. The molecule has 7 rings (SSSR count). The summed E-state index contributed by atoms with van der Waals surface area (Å²) in [6.45, 7) is 6.62. The van der Waals surface area contributed by atoms with Gasteiger partial charge in [0, 0.05) is 33.8 Å². The number of ether oxygens (including phenoxy) is 1. The van der Waals surface area contributed by atoms with Crippen molar-refractivity contribution in [3.05, 3.63) is 82.7 Å². The number of hydrogen-bond acceptors (Lipinski definition) is 7. The van der Waals surface area contributed by atoms with Gasteiger partial charge in [-0.05, 0) is 105 Å². The Labute approximate surface area is 251 Å². The summed E-state index contributed by atoms with van der Waals surface area (Å²) in [6, 6.07) is 18.5. The summed E-state index contributed by atoms with van der Waals surface area (Å²) < 4.78 is 11.2. The molecule has 9 heteroatoms. The molecule has 1 fully saturated rings. The number of carbonyl (C=O) groups is 1. The zero-order chi connectivity index (χ0) is 28.1. The van der Waals surface area contributed by atoms with Crippen LogP contribution in [-0.2, 0) is 18.4 Å². The van der Waals surface area contributed by atoms with Crippen LogP contribution in [0.3, 0.4) is 0 Å². The largest absolute Gasteiger partial charge is 0.492 e. The van der Waals surface area contributed by atoms with Crippen LogP contribution in [-0.4, -0.2) is 46.9 Å². The second-order valence-electron chi connectivity index (χ2n) is 11.6. The first-order valence-electron chi connectivity index (χ1n) is 14.5. The van der Waals surface area contributed by atoms with Gasteiger partial charge in [-0.25, -0.2) is 0 Å². The van der Waals surface area contributed by atoms with Gasteiger partial charge in [-0.15, -0.1) is 12.4 Å². The molecule has 4 aromatic rings. The van der Waals surface area contributed by atoms with Crippen LogP contribution in [0.25, 0.3) is 22.5 Å². The van der Waals surface area contributed by atoms with E-state index in [0.29, 0.717) is 11.4 Å². The molecular formula is C33H35ClN4O4. The zero-order valence-corrected chi connectivity index (χ0v) is 24.7. The lowest BCUT2D eigenvalue weighted by Gasteiger charge is -2.37. The molecule has 1 atom stereocenters. The Hall–Kier alpha value is -3.72. The molecule has 8 nitrogen and oxygen atoms in total. The maximum absolute atomic E-state index is 14.0. The van der Waals surface area contributed by atoms with E-state index >= 15 is 0 Å². The summed E-state index contributed by atoms with van der Waals surface area (Å²) in [5, 5.41) is 16.6. The van der Waals surface area contributed by atoms with Crippen LogP contribution >= 0.6 is 12.4 Å². The number of benzene rings is 3. The molecule has 1 aromatic heterocycles. The molecule has 3 aliphatic heterocycles. The number of aliphatic hydroxyl groups excluding tert-OH is 1. The number of aryl methyl sites for hydroxylation is 2. The minimum Gasteiger partial charge on any atom is -0.492 e. The molecule has 0 radical (unpaired) electrons. The van der Waals surface area contributed by atoms with Crippen molar-refractivity contribution in [1.29, 1.82) is 0 Å². The zero-order valence-electron chi connectivity index (χ0n) is 23.9. The molecule has 0 bridgehead atoms. The van der Waals surface area contributed by atoms with Gasteiger partial charge in [0.25, 0.3) is 11.8 Å². The number of aliphatic hydroxyl groups is 1. The van der Waals surface area contributed by atoms with Gasteiger partial charge >= 0.3 is 0 Å². The number of halogens is 1. The van der Waals surface area contributed by atoms with Gasteiger partial charge in [0.05, 0.1) is 6.61 Å². The Morgan fingerprint density at radius 2 is 1.86 bits per heavy atom. The molecule has 2 N–H and O–H groups in total. The predicted octanol–water partition coefficient (Wildman–Crippen LogP) is 5.62. The van der Waals surface area contributed by atoms with Crippen molar-refractivity contribution < 1.29 is 19.2 Å². The van der Waals surface area contributed by atoms with E-state index in [2.05, 4.69) is 34.5 Å². The average molecular weight is 587 g/mol. The van der Waals surface area contributed by atoms with Crippen molar-refractivity contribution >= 4 is 24.0 Å². The third-order valence-electron chi connectivity index (χ3n) is 9.10. The maximum atomic E-state index is 14.0. The van der Waals surface area contributed by atoms with Gasteiger partial charge in [0.15, 0.2) is 0 Å². The van der Waals surface area contributed by atoms with E-state index in [1.165, 1.54) is 11.1 Å². The van der Waals surface area contributed by atoms with Crippen molar-refractivity contribution in [3.8, 4) is 28.3 Å². The molecule has 0 aliphatic carbocycles. The molecule has 42 heavy (non-hydrogen) atoms. The third kappa shape index (κ3) is 4.77. The number of aromatic nitrogens is 2. The van der Waals surface area contributed by atoms with Crippen molar-refractivity contribution in [2.75, 3.05) is 24.6 Å². The lowest BCUT2D eigenvalue weighted by molar-refractivity contribution is 0.0975. The number of fused-ring (bicyclic) bond motifs is 3. The number of amides is 1. The summed E-state index contributed by atoms with van der Waals surface area (Å²) in [5.41, 5.74) is 8.21. The van der Waals surface area contributed by atoms with Crippen LogP contribution < -0.4 is 15.0 Å². The summed E-state index contributed by atoms with van der Waals surface area (Å²) in [4.78, 5) is 20.2. The molecule has 1 amide bonds. The van der Waals surface area contributed by atoms with Gasteiger partial charge in [-0.3, -0.25) is 4.79 Å². The van der Waals surface area contributed by atoms with Gasteiger partial charge in [-0.1, -0.05) is 29.4 Å². The lowest BCUT2D eigenvalue weighted by atomic mass is 9.74. The minimum atomic E-state index is -0.286. The van der Waals surface area contributed by atoms with E-state index in [9.17, 15) is 9.90 Å². The van der Waals surface area contributed by atoms with E-state index in [4.69, 9.17) is 9.26 Å². The van der Waals surface area contributed by atoms with Gasteiger partial charge < -0.3 is 24.6 Å². The second kappa shape index (κ2) is 11.2. The van der Waals surface area contributed by atoms with Crippen LogP contribution in [0.15, 0.2) is 59.1 Å². The highest BCUT2D eigenvalue weighted by Crippen LogP contribution is 2.48. The van der Waals surface area contributed by atoms with Crippen molar-refractivity contribution in [3.63, 3.8) is 0 Å². The Balaban J connectivity index is 0.00000316. The maximum Gasteiger partial charge on any atom is 0.258 e. The fourth-order valence-corrected chi connectivity index (χ4v) is 6.72. The Morgan fingerprint density at radius 3 is 2.57 bits per heavy atom. The number of rotatable bonds is 4. The average Bonchev–Trinajstić information content (AvgIpc) is 3.62. The summed E-state index contributed by atoms with van der Waals surface area (Å²) >= 11 is 0. The Kier molecular flexibility index (Phi) is 7.55. The normalized spacial score (nSPS) is 18.6. The molecular weight excluding hydrogens is 552 g/mol. The first-order valence-corrected chi connectivity index (χ1v) is 14.5. The summed E-state index contributed by atoms with van der Waals surface area (Å²) in [5.74, 6) is 1.68. The number of nitrogens with zero attached hydrogens (tertiary/aromatic N) is 3. The predicted molar refractivity (Wildman–Crippen MR) is 163 cm³/mol. The van der Waals surface area contributed by atoms with E-state index in [0.717, 1.165) is 79.1 Å². The molecule has 1 saturated heterocycles. The number of anilines is 1. The van der Waals surface area contributed by atoms with Crippen molar-refractivity contribution in [2.24, 2.45) is 0 Å². The molecule has 3 aromatic carbocycles. The molecule has 1 unspecified atom stereocenters. The standard InChI is InChI=1S/C33H34N4O4.ClH/c1-20-15-25(31-35-30(18-38)41-36-31)9-10-26(20)22-5-7-23(8-6-22)32(39)37-21(2)3-4-24-16-29-27(17-28(24)37)33(19-40-29)11-13-34-14-12-33;/h5-10,15-17,21,34,38H,3-4,11-14,18-19H2,1-2H3;1H. The highest BCUT2D eigenvalue weighted by atomic mass is 35.5.